The lowest BCUT2D eigenvalue weighted by molar-refractivity contribution is 0.0115. The molecule has 1 atom stereocenters. The van der Waals surface area contributed by atoms with Crippen molar-refractivity contribution in [1.29, 1.82) is 0 Å². The average Bonchev–Trinajstić information content (AvgIpc) is 2.46. The van der Waals surface area contributed by atoms with E-state index in [0.29, 0.717) is 6.10 Å². The third kappa shape index (κ3) is 5.64. The molecule has 112 valence electrons. The molecule has 0 aromatic heterocycles. The van der Waals surface area contributed by atoms with Gasteiger partial charge in [-0.25, -0.2) is 0 Å². The highest BCUT2D eigenvalue weighted by Gasteiger charge is 2.12. The predicted molar refractivity (Wildman–Crippen MR) is 84.9 cm³/mol. The Morgan fingerprint density at radius 3 is 2.55 bits per heavy atom. The van der Waals surface area contributed by atoms with Crippen LogP contribution in [0.3, 0.4) is 0 Å². The third-order valence-electron chi connectivity index (χ3n) is 3.91. The Balaban J connectivity index is 1.63. The lowest BCUT2D eigenvalue weighted by Gasteiger charge is -2.22. The van der Waals surface area contributed by atoms with Gasteiger partial charge < -0.3 is 10.1 Å². The Hall–Kier alpha value is -0.860. The Morgan fingerprint density at radius 2 is 1.90 bits per heavy atom. The standard InChI is InChI=1S/C18H29NO/c1-15(2)13-16-6-8-17(9-7-16)14-19-11-10-18-5-3-4-12-20-18/h6-9,15,18-19H,3-5,10-14H2,1-2H3. The van der Waals surface area contributed by atoms with Crippen LogP contribution in [0.15, 0.2) is 24.3 Å². The second kappa shape index (κ2) is 8.43. The summed E-state index contributed by atoms with van der Waals surface area (Å²) in [4.78, 5) is 0. The zero-order chi connectivity index (χ0) is 14.2. The Bertz CT molecular complexity index is 366. The Morgan fingerprint density at radius 1 is 1.15 bits per heavy atom. The van der Waals surface area contributed by atoms with Crippen molar-refractivity contribution >= 4 is 0 Å². The summed E-state index contributed by atoms with van der Waals surface area (Å²) < 4.78 is 5.74. The molecule has 1 aromatic carbocycles. The van der Waals surface area contributed by atoms with Crippen molar-refractivity contribution < 1.29 is 4.74 Å². The zero-order valence-electron chi connectivity index (χ0n) is 13.0. The van der Waals surface area contributed by atoms with Gasteiger partial charge in [0.1, 0.15) is 0 Å². The number of nitrogens with one attached hydrogen (secondary N) is 1. The van der Waals surface area contributed by atoms with Crippen LogP contribution >= 0.6 is 0 Å². The molecule has 0 spiro atoms. The molecule has 20 heavy (non-hydrogen) atoms. The van der Waals surface area contributed by atoms with Crippen LogP contribution in [-0.4, -0.2) is 19.3 Å². The molecule has 2 nitrogen and oxygen atoms in total. The number of benzene rings is 1. The van der Waals surface area contributed by atoms with Crippen LogP contribution in [0.2, 0.25) is 0 Å². The molecule has 1 aliphatic rings. The van der Waals surface area contributed by atoms with Crippen LogP contribution in [0.1, 0.15) is 50.7 Å². The second-order valence-electron chi connectivity index (χ2n) is 6.37. The fourth-order valence-corrected chi connectivity index (χ4v) is 2.80. The first-order valence-corrected chi connectivity index (χ1v) is 8.14. The van der Waals surface area contributed by atoms with Crippen molar-refractivity contribution in [2.24, 2.45) is 5.92 Å². The Labute approximate surface area is 123 Å². The highest BCUT2D eigenvalue weighted by atomic mass is 16.5. The van der Waals surface area contributed by atoms with Crippen LogP contribution in [0.5, 0.6) is 0 Å². The van der Waals surface area contributed by atoms with E-state index < -0.39 is 0 Å². The van der Waals surface area contributed by atoms with Gasteiger partial charge in [-0.1, -0.05) is 38.1 Å². The lowest BCUT2D eigenvalue weighted by atomic mass is 10.0. The van der Waals surface area contributed by atoms with E-state index >= 15 is 0 Å². The monoisotopic (exact) mass is 275 g/mol. The minimum Gasteiger partial charge on any atom is -0.378 e. The number of ether oxygens (including phenoxy) is 1. The molecule has 1 aromatic rings. The largest absolute Gasteiger partial charge is 0.378 e. The summed E-state index contributed by atoms with van der Waals surface area (Å²) in [5, 5.41) is 3.53. The van der Waals surface area contributed by atoms with Crippen LogP contribution in [0.25, 0.3) is 0 Å². The van der Waals surface area contributed by atoms with Crippen LogP contribution in [0, 0.1) is 5.92 Å². The molecule has 0 amide bonds. The molecule has 0 bridgehead atoms. The highest BCUT2D eigenvalue weighted by Crippen LogP contribution is 2.15. The van der Waals surface area contributed by atoms with Gasteiger partial charge in [0.2, 0.25) is 0 Å². The van der Waals surface area contributed by atoms with E-state index in [1.165, 1.54) is 36.8 Å². The van der Waals surface area contributed by atoms with Gasteiger partial charge in [0.05, 0.1) is 6.10 Å². The minimum atomic E-state index is 0.490. The van der Waals surface area contributed by atoms with Gasteiger partial charge in [0.15, 0.2) is 0 Å². The molecule has 1 fully saturated rings. The first-order valence-electron chi connectivity index (χ1n) is 8.14. The van der Waals surface area contributed by atoms with E-state index in [0.717, 1.165) is 32.0 Å². The van der Waals surface area contributed by atoms with Crippen LogP contribution in [0.4, 0.5) is 0 Å². The van der Waals surface area contributed by atoms with E-state index in [9.17, 15) is 0 Å². The summed E-state index contributed by atoms with van der Waals surface area (Å²) in [5.41, 5.74) is 2.82. The molecule has 2 heteroatoms. The fourth-order valence-electron chi connectivity index (χ4n) is 2.80. The van der Waals surface area contributed by atoms with Crippen LogP contribution < -0.4 is 5.32 Å². The number of hydrogen-bond donors (Lipinski definition) is 1. The van der Waals surface area contributed by atoms with E-state index in [1.807, 2.05) is 0 Å². The fraction of sp³-hybridized carbons (Fsp3) is 0.667. The molecular weight excluding hydrogens is 246 g/mol. The van der Waals surface area contributed by atoms with Crippen molar-refractivity contribution in [2.45, 2.75) is 58.6 Å². The van der Waals surface area contributed by atoms with Crippen molar-refractivity contribution in [3.05, 3.63) is 35.4 Å². The molecule has 1 unspecified atom stereocenters. The second-order valence-corrected chi connectivity index (χ2v) is 6.37. The molecule has 1 heterocycles. The molecule has 2 rings (SSSR count). The van der Waals surface area contributed by atoms with Crippen molar-refractivity contribution in [1.82, 2.24) is 5.32 Å². The van der Waals surface area contributed by atoms with Gasteiger partial charge >= 0.3 is 0 Å². The van der Waals surface area contributed by atoms with Gasteiger partial charge in [-0.15, -0.1) is 0 Å². The Kier molecular flexibility index (Phi) is 6.55. The van der Waals surface area contributed by atoms with E-state index in [1.54, 1.807) is 0 Å². The lowest BCUT2D eigenvalue weighted by Crippen LogP contribution is -2.25. The average molecular weight is 275 g/mol. The van der Waals surface area contributed by atoms with Crippen LogP contribution in [-0.2, 0) is 17.7 Å². The van der Waals surface area contributed by atoms with Crippen molar-refractivity contribution in [3.8, 4) is 0 Å². The zero-order valence-corrected chi connectivity index (χ0v) is 13.0. The normalized spacial score (nSPS) is 19.4. The quantitative estimate of drug-likeness (QED) is 0.761. The maximum atomic E-state index is 5.74. The topological polar surface area (TPSA) is 21.3 Å². The van der Waals surface area contributed by atoms with E-state index in [-0.39, 0.29) is 0 Å². The third-order valence-corrected chi connectivity index (χ3v) is 3.91. The van der Waals surface area contributed by atoms with Crippen molar-refractivity contribution in [2.75, 3.05) is 13.2 Å². The molecule has 1 saturated heterocycles. The molecular formula is C18H29NO. The van der Waals surface area contributed by atoms with Gasteiger partial charge in [0.25, 0.3) is 0 Å². The van der Waals surface area contributed by atoms with E-state index in [4.69, 9.17) is 4.74 Å². The smallest absolute Gasteiger partial charge is 0.0587 e. The maximum Gasteiger partial charge on any atom is 0.0587 e. The van der Waals surface area contributed by atoms with E-state index in [2.05, 4.69) is 43.4 Å². The number of rotatable bonds is 7. The van der Waals surface area contributed by atoms with Crippen molar-refractivity contribution in [3.63, 3.8) is 0 Å². The van der Waals surface area contributed by atoms with Gasteiger partial charge in [-0.2, -0.15) is 0 Å². The minimum absolute atomic E-state index is 0.490. The first kappa shape index (κ1) is 15.5. The van der Waals surface area contributed by atoms with Gasteiger partial charge in [-0.3, -0.25) is 0 Å². The molecule has 1 N–H and O–H groups in total. The summed E-state index contributed by atoms with van der Waals surface area (Å²) >= 11 is 0. The molecule has 1 aliphatic heterocycles. The molecule has 0 radical (unpaired) electrons. The summed E-state index contributed by atoms with van der Waals surface area (Å²) in [6.45, 7) is 7.51. The summed E-state index contributed by atoms with van der Waals surface area (Å²) in [7, 11) is 0. The predicted octanol–water partition coefficient (Wildman–Crippen LogP) is 3.93. The highest BCUT2D eigenvalue weighted by molar-refractivity contribution is 5.22. The summed E-state index contributed by atoms with van der Waals surface area (Å²) in [6, 6.07) is 9.03. The molecule has 0 saturated carbocycles. The molecule has 0 aliphatic carbocycles. The summed E-state index contributed by atoms with van der Waals surface area (Å²) in [5.74, 6) is 0.731. The van der Waals surface area contributed by atoms with Gasteiger partial charge in [0, 0.05) is 13.2 Å². The maximum absolute atomic E-state index is 5.74. The first-order chi connectivity index (χ1) is 9.74. The summed E-state index contributed by atoms with van der Waals surface area (Å²) in [6.07, 6.45) is 6.63. The van der Waals surface area contributed by atoms with Gasteiger partial charge in [-0.05, 0) is 55.7 Å². The SMILES string of the molecule is CC(C)Cc1ccc(CNCCC2CCCCO2)cc1. The number of hydrogen-bond acceptors (Lipinski definition) is 2.